The molecule has 0 amide bonds. The molecule has 1 unspecified atom stereocenters. The zero-order valence-corrected chi connectivity index (χ0v) is 11.0. The van der Waals surface area contributed by atoms with Gasteiger partial charge in [-0.2, -0.15) is 12.6 Å². The molecule has 0 saturated carbocycles. The molecule has 0 radical (unpaired) electrons. The van der Waals surface area contributed by atoms with Crippen molar-refractivity contribution in [2.45, 2.75) is 71.6 Å². The van der Waals surface area contributed by atoms with Gasteiger partial charge in [0.1, 0.15) is 0 Å². The molecule has 1 atom stereocenters. The molecule has 0 aromatic carbocycles. The van der Waals surface area contributed by atoms with Crippen LogP contribution in [0, 0.1) is 5.92 Å². The molecule has 86 valence electrons. The minimum absolute atomic E-state index is 0.944. The fourth-order valence-corrected chi connectivity index (χ4v) is 1.92. The summed E-state index contributed by atoms with van der Waals surface area (Å²) < 4.78 is 0. The molecule has 0 rings (SSSR count). The minimum atomic E-state index is 0.944. The lowest BCUT2D eigenvalue weighted by molar-refractivity contribution is 0.471. The molecule has 0 nitrogen and oxygen atoms in total. The number of thiol groups is 1. The third-order valence-electron chi connectivity index (χ3n) is 3.05. The maximum Gasteiger partial charge on any atom is -0.00979 e. The molecule has 0 aliphatic carbocycles. The molecule has 0 aliphatic heterocycles. The van der Waals surface area contributed by atoms with Crippen LogP contribution in [-0.2, 0) is 0 Å². The van der Waals surface area contributed by atoms with Crippen LogP contribution in [0.3, 0.4) is 0 Å². The maximum atomic E-state index is 4.21. The predicted octanol–water partition coefficient (Wildman–Crippen LogP) is 5.08. The number of hydrogen-bond acceptors (Lipinski definition) is 1. The zero-order valence-electron chi connectivity index (χ0n) is 10.1. The Morgan fingerprint density at radius 1 is 0.857 bits per heavy atom. The Bertz CT molecular complexity index is 101. The summed E-state index contributed by atoms with van der Waals surface area (Å²) in [4.78, 5) is 0. The molecule has 0 N–H and O–H groups in total. The van der Waals surface area contributed by atoms with Gasteiger partial charge in [-0.05, 0) is 18.1 Å². The highest BCUT2D eigenvalue weighted by molar-refractivity contribution is 7.80. The van der Waals surface area contributed by atoms with Crippen LogP contribution in [0.4, 0.5) is 0 Å². The summed E-state index contributed by atoms with van der Waals surface area (Å²) in [5.74, 6) is 2.01. The summed E-state index contributed by atoms with van der Waals surface area (Å²) >= 11 is 4.21. The highest BCUT2D eigenvalue weighted by Crippen LogP contribution is 2.14. The Hall–Kier alpha value is 0.350. The standard InChI is InChI=1S/C13H28S/c1-3-13(2)11-9-7-5-4-6-8-10-12-14/h13-14H,3-12H2,1-2H3. The molecular weight excluding hydrogens is 188 g/mol. The molecule has 14 heavy (non-hydrogen) atoms. The first-order valence-corrected chi connectivity index (χ1v) is 7.05. The molecule has 0 heterocycles. The number of unbranched alkanes of at least 4 members (excludes halogenated alkanes) is 6. The summed E-state index contributed by atoms with van der Waals surface area (Å²) in [6, 6.07) is 0. The second-order valence-electron chi connectivity index (χ2n) is 4.50. The van der Waals surface area contributed by atoms with Gasteiger partial charge in [0.25, 0.3) is 0 Å². The first-order valence-electron chi connectivity index (χ1n) is 6.42. The molecule has 0 saturated heterocycles. The fourth-order valence-electron chi connectivity index (χ4n) is 1.69. The topological polar surface area (TPSA) is 0 Å². The average molecular weight is 216 g/mol. The average Bonchev–Trinajstić information content (AvgIpc) is 2.21. The van der Waals surface area contributed by atoms with Crippen molar-refractivity contribution in [2.24, 2.45) is 5.92 Å². The van der Waals surface area contributed by atoms with Gasteiger partial charge in [-0.3, -0.25) is 0 Å². The largest absolute Gasteiger partial charge is 0.179 e. The molecule has 0 aliphatic rings. The van der Waals surface area contributed by atoms with E-state index < -0.39 is 0 Å². The van der Waals surface area contributed by atoms with Gasteiger partial charge in [0, 0.05) is 0 Å². The lowest BCUT2D eigenvalue weighted by atomic mass is 10.00. The van der Waals surface area contributed by atoms with Gasteiger partial charge in [0.15, 0.2) is 0 Å². The van der Waals surface area contributed by atoms with Gasteiger partial charge in [-0.15, -0.1) is 0 Å². The van der Waals surface area contributed by atoms with E-state index in [2.05, 4.69) is 26.5 Å². The van der Waals surface area contributed by atoms with Crippen LogP contribution in [-0.4, -0.2) is 5.75 Å². The highest BCUT2D eigenvalue weighted by Gasteiger charge is 1.97. The third kappa shape index (κ3) is 10.4. The molecular formula is C13H28S. The fraction of sp³-hybridized carbons (Fsp3) is 1.00. The van der Waals surface area contributed by atoms with Crippen molar-refractivity contribution in [1.29, 1.82) is 0 Å². The van der Waals surface area contributed by atoms with Gasteiger partial charge in [0.2, 0.25) is 0 Å². The van der Waals surface area contributed by atoms with E-state index in [0.717, 1.165) is 11.7 Å². The van der Waals surface area contributed by atoms with Crippen LogP contribution in [0.5, 0.6) is 0 Å². The molecule has 0 aromatic heterocycles. The Morgan fingerprint density at radius 3 is 1.86 bits per heavy atom. The van der Waals surface area contributed by atoms with Gasteiger partial charge >= 0.3 is 0 Å². The van der Waals surface area contributed by atoms with Crippen LogP contribution in [0.2, 0.25) is 0 Å². The number of rotatable bonds is 10. The van der Waals surface area contributed by atoms with Gasteiger partial charge < -0.3 is 0 Å². The van der Waals surface area contributed by atoms with E-state index in [4.69, 9.17) is 0 Å². The predicted molar refractivity (Wildman–Crippen MR) is 70.2 cm³/mol. The van der Waals surface area contributed by atoms with E-state index in [1.807, 2.05) is 0 Å². The number of hydrogen-bond donors (Lipinski definition) is 1. The van der Waals surface area contributed by atoms with Gasteiger partial charge in [-0.1, -0.05) is 65.2 Å². The van der Waals surface area contributed by atoms with Crippen molar-refractivity contribution in [2.75, 3.05) is 5.75 Å². The summed E-state index contributed by atoms with van der Waals surface area (Å²) in [6.45, 7) is 4.66. The summed E-state index contributed by atoms with van der Waals surface area (Å²) in [7, 11) is 0. The van der Waals surface area contributed by atoms with Crippen molar-refractivity contribution in [3.05, 3.63) is 0 Å². The van der Waals surface area contributed by atoms with E-state index in [1.54, 1.807) is 0 Å². The monoisotopic (exact) mass is 216 g/mol. The molecule has 0 aromatic rings. The SMILES string of the molecule is CCC(C)CCCCCCCCCS. The quantitative estimate of drug-likeness (QED) is 0.382. The van der Waals surface area contributed by atoms with Crippen LogP contribution < -0.4 is 0 Å². The van der Waals surface area contributed by atoms with Crippen LogP contribution >= 0.6 is 12.6 Å². The lowest BCUT2D eigenvalue weighted by Crippen LogP contribution is -1.91. The summed E-state index contributed by atoms with van der Waals surface area (Å²) in [5.41, 5.74) is 0. The van der Waals surface area contributed by atoms with Crippen molar-refractivity contribution in [3.8, 4) is 0 Å². The molecule has 0 spiro atoms. The van der Waals surface area contributed by atoms with Crippen molar-refractivity contribution < 1.29 is 0 Å². The first-order chi connectivity index (χ1) is 6.81. The molecule has 0 bridgehead atoms. The Labute approximate surface area is 96.3 Å². The molecule has 0 fully saturated rings. The van der Waals surface area contributed by atoms with Gasteiger partial charge in [0.05, 0.1) is 0 Å². The lowest BCUT2D eigenvalue weighted by Gasteiger charge is -2.07. The van der Waals surface area contributed by atoms with E-state index in [1.165, 1.54) is 57.8 Å². The zero-order chi connectivity index (χ0) is 10.6. The molecule has 1 heteroatoms. The Kier molecular flexibility index (Phi) is 11.7. The van der Waals surface area contributed by atoms with Crippen molar-refractivity contribution >= 4 is 12.6 Å². The summed E-state index contributed by atoms with van der Waals surface area (Å²) in [6.07, 6.45) is 12.7. The first kappa shape index (κ1) is 14.3. The second-order valence-corrected chi connectivity index (χ2v) is 4.95. The third-order valence-corrected chi connectivity index (χ3v) is 3.37. The van der Waals surface area contributed by atoms with Crippen molar-refractivity contribution in [3.63, 3.8) is 0 Å². The highest BCUT2D eigenvalue weighted by atomic mass is 32.1. The smallest absolute Gasteiger partial charge is 0.00979 e. The Morgan fingerprint density at radius 2 is 1.36 bits per heavy atom. The van der Waals surface area contributed by atoms with E-state index in [-0.39, 0.29) is 0 Å². The van der Waals surface area contributed by atoms with E-state index in [0.29, 0.717) is 0 Å². The second kappa shape index (κ2) is 11.4. The van der Waals surface area contributed by atoms with Crippen LogP contribution in [0.15, 0.2) is 0 Å². The van der Waals surface area contributed by atoms with Gasteiger partial charge in [-0.25, -0.2) is 0 Å². The Balaban J connectivity index is 2.92. The minimum Gasteiger partial charge on any atom is -0.179 e. The maximum absolute atomic E-state index is 4.21. The van der Waals surface area contributed by atoms with Crippen LogP contribution in [0.25, 0.3) is 0 Å². The van der Waals surface area contributed by atoms with Crippen molar-refractivity contribution in [1.82, 2.24) is 0 Å². The van der Waals surface area contributed by atoms with Crippen LogP contribution in [0.1, 0.15) is 71.6 Å². The summed E-state index contributed by atoms with van der Waals surface area (Å²) in [5, 5.41) is 0. The van der Waals surface area contributed by atoms with E-state index >= 15 is 0 Å². The normalized spacial score (nSPS) is 13.1. The van der Waals surface area contributed by atoms with E-state index in [9.17, 15) is 0 Å².